The monoisotopic (exact) mass is 343 g/mol. The Morgan fingerprint density at radius 1 is 1.28 bits per heavy atom. The Morgan fingerprint density at radius 3 is 2.68 bits per heavy atom. The molecule has 2 amide bonds. The van der Waals surface area contributed by atoms with Crippen LogP contribution in [0.1, 0.15) is 44.7 Å². The first-order chi connectivity index (χ1) is 12.0. The van der Waals surface area contributed by atoms with E-state index >= 15 is 0 Å². The molecule has 1 aliphatic carbocycles. The van der Waals surface area contributed by atoms with Gasteiger partial charge in [0, 0.05) is 44.1 Å². The number of rotatable bonds is 7. The lowest BCUT2D eigenvalue weighted by atomic mass is 10.1. The van der Waals surface area contributed by atoms with Gasteiger partial charge in [-0.05, 0) is 31.2 Å². The highest BCUT2D eigenvalue weighted by atomic mass is 16.2. The van der Waals surface area contributed by atoms with Gasteiger partial charge in [-0.3, -0.25) is 14.5 Å². The molecule has 1 aromatic carbocycles. The van der Waals surface area contributed by atoms with Crippen LogP contribution in [-0.4, -0.2) is 42.4 Å². The fourth-order valence-corrected chi connectivity index (χ4v) is 3.62. The van der Waals surface area contributed by atoms with Crippen LogP contribution in [0.3, 0.4) is 0 Å². The van der Waals surface area contributed by atoms with Gasteiger partial charge in [0.1, 0.15) is 0 Å². The van der Waals surface area contributed by atoms with Crippen LogP contribution in [0.15, 0.2) is 30.3 Å². The van der Waals surface area contributed by atoms with Gasteiger partial charge in [0.15, 0.2) is 0 Å². The molecule has 1 aliphatic heterocycles. The number of nitrogens with one attached hydrogen (secondary N) is 2. The highest BCUT2D eigenvalue weighted by Crippen LogP contribution is 2.37. The third kappa shape index (κ3) is 4.82. The second-order valence-electron chi connectivity index (χ2n) is 7.50. The lowest BCUT2D eigenvalue weighted by Crippen LogP contribution is -2.39. The highest BCUT2D eigenvalue weighted by molar-refractivity contribution is 5.82. The molecule has 5 nitrogen and oxygen atoms in total. The van der Waals surface area contributed by atoms with E-state index in [1.807, 2.05) is 6.07 Å². The van der Waals surface area contributed by atoms with E-state index in [4.69, 9.17) is 0 Å². The van der Waals surface area contributed by atoms with E-state index in [2.05, 4.69) is 53.6 Å². The van der Waals surface area contributed by atoms with Crippen LogP contribution in [0.5, 0.6) is 0 Å². The van der Waals surface area contributed by atoms with E-state index in [9.17, 15) is 9.59 Å². The summed E-state index contributed by atoms with van der Waals surface area (Å²) in [4.78, 5) is 26.3. The third-order valence-corrected chi connectivity index (χ3v) is 5.51. The first-order valence-corrected chi connectivity index (χ1v) is 9.40. The average Bonchev–Trinajstić information content (AvgIpc) is 3.17. The smallest absolute Gasteiger partial charge is 0.223 e. The van der Waals surface area contributed by atoms with Crippen LogP contribution in [0, 0.1) is 11.8 Å². The Labute approximate surface area is 150 Å². The zero-order valence-corrected chi connectivity index (χ0v) is 15.2. The minimum absolute atomic E-state index is 0.0309. The molecule has 2 aliphatic rings. The predicted octanol–water partition coefficient (Wildman–Crippen LogP) is 2.10. The van der Waals surface area contributed by atoms with Crippen LogP contribution in [0.2, 0.25) is 0 Å². The predicted molar refractivity (Wildman–Crippen MR) is 97.9 cm³/mol. The van der Waals surface area contributed by atoms with E-state index in [1.165, 1.54) is 5.56 Å². The van der Waals surface area contributed by atoms with Gasteiger partial charge in [-0.2, -0.15) is 0 Å². The largest absolute Gasteiger partial charge is 0.355 e. The molecule has 0 radical (unpaired) electrons. The van der Waals surface area contributed by atoms with Gasteiger partial charge in [-0.1, -0.05) is 37.3 Å². The average molecular weight is 343 g/mol. The number of likely N-dealkylation sites (tertiary alicyclic amines) is 1. The summed E-state index contributed by atoms with van der Waals surface area (Å²) >= 11 is 0. The summed E-state index contributed by atoms with van der Waals surface area (Å²) in [6.45, 7) is 6.61. The van der Waals surface area contributed by atoms with Crippen molar-refractivity contribution < 1.29 is 9.59 Å². The lowest BCUT2D eigenvalue weighted by molar-refractivity contribution is -0.123. The summed E-state index contributed by atoms with van der Waals surface area (Å²) in [5, 5.41) is 5.98. The summed E-state index contributed by atoms with van der Waals surface area (Å²) in [6, 6.07) is 11.0. The standard InChI is InChI=1S/C20H29N3O2/c1-14-12-18(14)20(25)21-10-8-19(24)22-17-9-11-23(13-17)15(2)16-6-4-3-5-7-16/h3-7,14-15,17-18H,8-13H2,1-2H3,(H,21,25)(H,22,24)/t14-,15-,17-,18+/m1/s1. The Hall–Kier alpha value is -1.88. The molecular formula is C20H29N3O2. The zero-order valence-electron chi connectivity index (χ0n) is 15.2. The quantitative estimate of drug-likeness (QED) is 0.797. The molecule has 0 spiro atoms. The molecule has 3 rings (SSSR count). The molecule has 0 aromatic heterocycles. The van der Waals surface area contributed by atoms with Crippen LogP contribution < -0.4 is 10.6 Å². The highest BCUT2D eigenvalue weighted by Gasteiger charge is 2.38. The molecular weight excluding hydrogens is 314 g/mol. The van der Waals surface area contributed by atoms with Gasteiger partial charge in [-0.25, -0.2) is 0 Å². The van der Waals surface area contributed by atoms with Gasteiger partial charge >= 0.3 is 0 Å². The van der Waals surface area contributed by atoms with Crippen molar-refractivity contribution in [3.63, 3.8) is 0 Å². The normalized spacial score (nSPS) is 26.9. The van der Waals surface area contributed by atoms with Crippen LogP contribution in [0.25, 0.3) is 0 Å². The molecule has 1 aromatic rings. The van der Waals surface area contributed by atoms with E-state index < -0.39 is 0 Å². The van der Waals surface area contributed by atoms with Gasteiger partial charge in [0.2, 0.25) is 11.8 Å². The number of nitrogens with zero attached hydrogens (tertiary/aromatic N) is 1. The molecule has 25 heavy (non-hydrogen) atoms. The first-order valence-electron chi connectivity index (χ1n) is 9.40. The summed E-state index contributed by atoms with van der Waals surface area (Å²) < 4.78 is 0. The Kier molecular flexibility index (Phi) is 5.74. The van der Waals surface area contributed by atoms with Crippen molar-refractivity contribution in [1.29, 1.82) is 0 Å². The number of benzene rings is 1. The lowest BCUT2D eigenvalue weighted by Gasteiger charge is -2.24. The minimum Gasteiger partial charge on any atom is -0.355 e. The molecule has 0 bridgehead atoms. The molecule has 136 valence electrons. The SMILES string of the molecule is C[C@@H]1C[C@@H]1C(=O)NCCC(=O)N[C@@H]1CCN([C@H](C)c2ccccc2)C1. The number of carbonyl (C=O) groups is 2. The van der Waals surface area contributed by atoms with Crippen LogP contribution in [0.4, 0.5) is 0 Å². The molecule has 4 atom stereocenters. The third-order valence-electron chi connectivity index (χ3n) is 5.51. The second-order valence-corrected chi connectivity index (χ2v) is 7.50. The fourth-order valence-electron chi connectivity index (χ4n) is 3.62. The fraction of sp³-hybridized carbons (Fsp3) is 0.600. The van der Waals surface area contributed by atoms with Crippen molar-refractivity contribution in [2.75, 3.05) is 19.6 Å². The topological polar surface area (TPSA) is 61.4 Å². The van der Waals surface area contributed by atoms with Gasteiger partial charge < -0.3 is 10.6 Å². The summed E-state index contributed by atoms with van der Waals surface area (Å²) in [7, 11) is 0. The van der Waals surface area contributed by atoms with Crippen LogP contribution >= 0.6 is 0 Å². The maximum absolute atomic E-state index is 12.1. The van der Waals surface area contributed by atoms with Crippen molar-refractivity contribution in [3.05, 3.63) is 35.9 Å². The van der Waals surface area contributed by atoms with Gasteiger partial charge in [-0.15, -0.1) is 0 Å². The molecule has 0 unspecified atom stereocenters. The van der Waals surface area contributed by atoms with Crippen LogP contribution in [-0.2, 0) is 9.59 Å². The maximum Gasteiger partial charge on any atom is 0.223 e. The number of amides is 2. The molecule has 1 saturated heterocycles. The Morgan fingerprint density at radius 2 is 2.00 bits per heavy atom. The van der Waals surface area contributed by atoms with Crippen molar-refractivity contribution in [2.24, 2.45) is 11.8 Å². The van der Waals surface area contributed by atoms with Crippen molar-refractivity contribution >= 4 is 11.8 Å². The van der Waals surface area contributed by atoms with Crippen molar-refractivity contribution in [3.8, 4) is 0 Å². The second kappa shape index (κ2) is 8.00. The minimum atomic E-state index is 0.0309. The first kappa shape index (κ1) is 17.9. The van der Waals surface area contributed by atoms with Gasteiger partial charge in [0.25, 0.3) is 0 Å². The molecule has 1 saturated carbocycles. The zero-order chi connectivity index (χ0) is 17.8. The molecule has 2 N–H and O–H groups in total. The Balaban J connectivity index is 1.36. The van der Waals surface area contributed by atoms with E-state index in [-0.39, 0.29) is 23.8 Å². The summed E-state index contributed by atoms with van der Waals surface area (Å²) in [5.41, 5.74) is 1.31. The van der Waals surface area contributed by atoms with E-state index in [0.717, 1.165) is 25.9 Å². The van der Waals surface area contributed by atoms with Crippen molar-refractivity contribution in [1.82, 2.24) is 15.5 Å². The van der Waals surface area contributed by atoms with Gasteiger partial charge in [0.05, 0.1) is 0 Å². The molecule has 2 fully saturated rings. The van der Waals surface area contributed by atoms with E-state index in [0.29, 0.717) is 24.9 Å². The Bertz CT molecular complexity index is 604. The molecule has 1 heterocycles. The number of hydrogen-bond acceptors (Lipinski definition) is 3. The van der Waals surface area contributed by atoms with E-state index in [1.54, 1.807) is 0 Å². The number of hydrogen-bond donors (Lipinski definition) is 2. The van der Waals surface area contributed by atoms with Crippen molar-refractivity contribution in [2.45, 2.75) is 45.2 Å². The number of carbonyl (C=O) groups excluding carboxylic acids is 2. The summed E-state index contributed by atoms with van der Waals surface area (Å²) in [6.07, 6.45) is 2.32. The summed E-state index contributed by atoms with van der Waals surface area (Å²) in [5.74, 6) is 0.809. The molecule has 5 heteroatoms. The maximum atomic E-state index is 12.1.